The lowest BCUT2D eigenvalue weighted by Crippen LogP contribution is -2.27. The van der Waals surface area contributed by atoms with Crippen molar-refractivity contribution in [3.63, 3.8) is 0 Å². The Hall–Kier alpha value is -2.03. The third-order valence-electron chi connectivity index (χ3n) is 4.11. The predicted octanol–water partition coefficient (Wildman–Crippen LogP) is 1.28. The molecule has 0 radical (unpaired) electrons. The van der Waals surface area contributed by atoms with E-state index in [1.54, 1.807) is 12.1 Å². The largest absolute Gasteiger partial charge is 0.393 e. The fourth-order valence-corrected chi connectivity index (χ4v) is 3.22. The molecule has 1 heterocycles. The molecule has 7 nitrogen and oxygen atoms in total. The molecule has 4 N–H and O–H groups in total. The highest BCUT2D eigenvalue weighted by atomic mass is 32.2. The molecular formula is C16H20N4O3S. The molecule has 24 heavy (non-hydrogen) atoms. The molecule has 0 amide bonds. The summed E-state index contributed by atoms with van der Waals surface area (Å²) in [6, 6.07) is 8.30. The van der Waals surface area contributed by atoms with E-state index in [4.69, 9.17) is 5.14 Å². The number of anilines is 1. The minimum Gasteiger partial charge on any atom is -0.393 e. The van der Waals surface area contributed by atoms with Crippen molar-refractivity contribution in [2.75, 3.05) is 5.32 Å². The van der Waals surface area contributed by atoms with Crippen molar-refractivity contribution in [1.82, 2.24) is 9.97 Å². The third kappa shape index (κ3) is 3.89. The molecule has 0 saturated heterocycles. The van der Waals surface area contributed by atoms with Gasteiger partial charge in [0.1, 0.15) is 11.6 Å². The van der Waals surface area contributed by atoms with Gasteiger partial charge >= 0.3 is 0 Å². The van der Waals surface area contributed by atoms with Crippen molar-refractivity contribution in [3.8, 4) is 0 Å². The number of hydrogen-bond acceptors (Lipinski definition) is 6. The van der Waals surface area contributed by atoms with Gasteiger partial charge in [0.2, 0.25) is 10.0 Å². The fourth-order valence-electron chi connectivity index (χ4n) is 2.71. The van der Waals surface area contributed by atoms with Gasteiger partial charge in [-0.2, -0.15) is 0 Å². The van der Waals surface area contributed by atoms with E-state index in [0.717, 1.165) is 29.9 Å². The van der Waals surface area contributed by atoms with E-state index in [1.807, 2.05) is 13.0 Å². The van der Waals surface area contributed by atoms with Crippen molar-refractivity contribution >= 4 is 15.8 Å². The monoisotopic (exact) mass is 348 g/mol. The predicted molar refractivity (Wildman–Crippen MR) is 89.9 cm³/mol. The number of aryl methyl sites for hydroxylation is 1. The minimum absolute atomic E-state index is 0.0926. The minimum atomic E-state index is -3.67. The zero-order valence-corrected chi connectivity index (χ0v) is 14.1. The topological polar surface area (TPSA) is 118 Å². The molecule has 3 rings (SSSR count). The highest BCUT2D eigenvalue weighted by Crippen LogP contribution is 2.36. The standard InChI is InChI=1S/C16H20N4O3S/c1-10-19-15(12-6-13(21)7-12)8-16(20-10)18-9-11-2-4-14(5-3-11)24(17,22)23/h2-5,8,12-13,21H,6-7,9H2,1H3,(H2,17,22,23)(H,18,19,20). The number of benzene rings is 1. The van der Waals surface area contributed by atoms with Crippen LogP contribution in [-0.4, -0.2) is 29.6 Å². The van der Waals surface area contributed by atoms with Gasteiger partial charge in [-0.05, 0) is 37.5 Å². The zero-order valence-electron chi connectivity index (χ0n) is 13.3. The van der Waals surface area contributed by atoms with E-state index in [9.17, 15) is 13.5 Å². The second-order valence-corrected chi connectivity index (χ2v) is 7.65. The lowest BCUT2D eigenvalue weighted by molar-refractivity contribution is 0.0731. The van der Waals surface area contributed by atoms with Crippen LogP contribution in [0, 0.1) is 6.92 Å². The number of aliphatic hydroxyl groups excluding tert-OH is 1. The molecule has 0 bridgehead atoms. The van der Waals surface area contributed by atoms with Crippen molar-refractivity contribution in [3.05, 3.63) is 47.4 Å². The highest BCUT2D eigenvalue weighted by Gasteiger charge is 2.30. The van der Waals surface area contributed by atoms with E-state index in [1.165, 1.54) is 12.1 Å². The molecule has 8 heteroatoms. The zero-order chi connectivity index (χ0) is 17.3. The van der Waals surface area contributed by atoms with E-state index in [-0.39, 0.29) is 16.9 Å². The number of primary sulfonamides is 1. The van der Waals surface area contributed by atoms with Gasteiger partial charge in [-0.3, -0.25) is 0 Å². The smallest absolute Gasteiger partial charge is 0.238 e. The molecule has 1 aliphatic rings. The number of aliphatic hydroxyl groups is 1. The maximum atomic E-state index is 11.2. The van der Waals surface area contributed by atoms with Gasteiger partial charge in [0, 0.05) is 24.2 Å². The van der Waals surface area contributed by atoms with Crippen LogP contribution in [-0.2, 0) is 16.6 Å². The first-order valence-electron chi connectivity index (χ1n) is 7.70. The van der Waals surface area contributed by atoms with Gasteiger partial charge in [0.15, 0.2) is 0 Å². The Morgan fingerprint density at radius 1 is 1.25 bits per heavy atom. The van der Waals surface area contributed by atoms with Crippen molar-refractivity contribution in [2.24, 2.45) is 5.14 Å². The molecule has 128 valence electrons. The van der Waals surface area contributed by atoms with Crippen molar-refractivity contribution in [2.45, 2.75) is 43.2 Å². The second-order valence-electron chi connectivity index (χ2n) is 6.09. The number of sulfonamides is 1. The first-order chi connectivity index (χ1) is 11.3. The molecule has 1 aromatic carbocycles. The van der Waals surface area contributed by atoms with E-state index >= 15 is 0 Å². The Labute approximate surface area is 141 Å². The van der Waals surface area contributed by atoms with Crippen LogP contribution in [0.5, 0.6) is 0 Å². The summed E-state index contributed by atoms with van der Waals surface area (Å²) in [4.78, 5) is 8.90. The van der Waals surface area contributed by atoms with Gasteiger partial charge in [0.05, 0.1) is 11.0 Å². The summed E-state index contributed by atoms with van der Waals surface area (Å²) in [5, 5.41) is 17.7. The number of nitrogens with zero attached hydrogens (tertiary/aromatic N) is 2. The van der Waals surface area contributed by atoms with E-state index in [2.05, 4.69) is 15.3 Å². The fraction of sp³-hybridized carbons (Fsp3) is 0.375. The summed E-state index contributed by atoms with van der Waals surface area (Å²) in [5.41, 5.74) is 1.86. The molecular weight excluding hydrogens is 328 g/mol. The molecule has 0 spiro atoms. The number of hydrogen-bond donors (Lipinski definition) is 3. The Morgan fingerprint density at radius 3 is 2.50 bits per heavy atom. The van der Waals surface area contributed by atoms with Crippen LogP contribution in [0.25, 0.3) is 0 Å². The van der Waals surface area contributed by atoms with Crippen LogP contribution in [0.4, 0.5) is 5.82 Å². The first kappa shape index (κ1) is 16.8. The summed E-state index contributed by atoms with van der Waals surface area (Å²) in [6.07, 6.45) is 1.26. The number of aromatic nitrogens is 2. The number of rotatable bonds is 5. The lowest BCUT2D eigenvalue weighted by atomic mass is 9.80. The molecule has 0 aliphatic heterocycles. The summed E-state index contributed by atoms with van der Waals surface area (Å²) < 4.78 is 22.5. The molecule has 0 atom stereocenters. The van der Waals surface area contributed by atoms with Gasteiger partial charge in [-0.15, -0.1) is 0 Å². The second kappa shape index (κ2) is 6.46. The summed E-state index contributed by atoms with van der Waals surface area (Å²) >= 11 is 0. The van der Waals surface area contributed by atoms with E-state index < -0.39 is 10.0 Å². The average molecular weight is 348 g/mol. The van der Waals surface area contributed by atoms with Gasteiger partial charge in [-0.1, -0.05) is 12.1 Å². The van der Waals surface area contributed by atoms with Gasteiger partial charge in [-0.25, -0.2) is 23.5 Å². The summed E-state index contributed by atoms with van der Waals surface area (Å²) in [7, 11) is -3.67. The van der Waals surface area contributed by atoms with Gasteiger partial charge < -0.3 is 10.4 Å². The van der Waals surface area contributed by atoms with Gasteiger partial charge in [0.25, 0.3) is 0 Å². The lowest BCUT2D eigenvalue weighted by Gasteiger charge is -2.31. The highest BCUT2D eigenvalue weighted by molar-refractivity contribution is 7.89. The molecule has 1 fully saturated rings. The summed E-state index contributed by atoms with van der Waals surface area (Å²) in [6.45, 7) is 2.35. The van der Waals surface area contributed by atoms with Crippen LogP contribution < -0.4 is 10.5 Å². The Balaban J connectivity index is 1.68. The maximum absolute atomic E-state index is 11.2. The van der Waals surface area contributed by atoms with Crippen LogP contribution in [0.2, 0.25) is 0 Å². The van der Waals surface area contributed by atoms with Crippen molar-refractivity contribution < 1.29 is 13.5 Å². The Kier molecular flexibility index (Phi) is 4.53. The molecule has 1 aromatic heterocycles. The average Bonchev–Trinajstić information content (AvgIpc) is 2.49. The maximum Gasteiger partial charge on any atom is 0.238 e. The number of nitrogens with two attached hydrogens (primary N) is 1. The number of nitrogens with one attached hydrogen (secondary N) is 1. The Bertz CT molecular complexity index is 831. The van der Waals surface area contributed by atoms with Crippen LogP contribution in [0.1, 0.15) is 35.8 Å². The molecule has 0 unspecified atom stereocenters. The SMILES string of the molecule is Cc1nc(NCc2ccc(S(N)(=O)=O)cc2)cc(C2CC(O)C2)n1. The van der Waals surface area contributed by atoms with E-state index in [0.29, 0.717) is 12.4 Å². The molecule has 1 saturated carbocycles. The van der Waals surface area contributed by atoms with Crippen LogP contribution >= 0.6 is 0 Å². The normalized spacial score (nSPS) is 20.5. The molecule has 1 aliphatic carbocycles. The van der Waals surface area contributed by atoms with Crippen LogP contribution in [0.15, 0.2) is 35.2 Å². The molecule has 2 aromatic rings. The Morgan fingerprint density at radius 2 is 1.92 bits per heavy atom. The summed E-state index contributed by atoms with van der Waals surface area (Å²) in [5.74, 6) is 1.69. The first-order valence-corrected chi connectivity index (χ1v) is 9.25. The quantitative estimate of drug-likeness (QED) is 0.749. The van der Waals surface area contributed by atoms with Crippen molar-refractivity contribution in [1.29, 1.82) is 0 Å². The third-order valence-corrected chi connectivity index (χ3v) is 5.04. The van der Waals surface area contributed by atoms with Crippen LogP contribution in [0.3, 0.4) is 0 Å².